The van der Waals surface area contributed by atoms with Gasteiger partial charge in [0.05, 0.1) is 10.7 Å². The second-order valence-electron chi connectivity index (χ2n) is 2.59. The van der Waals surface area contributed by atoms with Crippen LogP contribution in [0.4, 0.5) is 14.9 Å². The van der Waals surface area contributed by atoms with Crippen molar-refractivity contribution >= 4 is 23.3 Å². The van der Waals surface area contributed by atoms with E-state index in [9.17, 15) is 9.18 Å². The summed E-state index contributed by atoms with van der Waals surface area (Å²) in [6, 6.07) is 3.97. The fraction of sp³-hybridized carbons (Fsp3) is 0.222. The molecule has 0 saturated carbocycles. The Morgan fingerprint density at radius 2 is 2.29 bits per heavy atom. The molecule has 76 valence electrons. The Bertz CT molecular complexity index is 344. The zero-order chi connectivity index (χ0) is 10.6. The van der Waals surface area contributed by atoms with Crippen LogP contribution in [0.2, 0.25) is 5.02 Å². The molecule has 1 aromatic carbocycles. The van der Waals surface area contributed by atoms with E-state index in [1.165, 1.54) is 12.1 Å². The molecule has 2 amide bonds. The van der Waals surface area contributed by atoms with Crippen LogP contribution in [-0.2, 0) is 0 Å². The van der Waals surface area contributed by atoms with Gasteiger partial charge in [-0.2, -0.15) is 0 Å². The number of carbonyl (C=O) groups is 1. The standard InChI is InChI=1S/C9H10ClFN2O/c1-2-12-9(14)13-7-5-3-4-6(10)8(7)11/h3-5H,2H2,1H3,(H2,12,13,14). The summed E-state index contributed by atoms with van der Waals surface area (Å²) in [4.78, 5) is 11.0. The second kappa shape index (κ2) is 4.81. The van der Waals surface area contributed by atoms with Crippen molar-refractivity contribution < 1.29 is 9.18 Å². The average molecular weight is 217 g/mol. The highest BCUT2D eigenvalue weighted by molar-refractivity contribution is 6.31. The van der Waals surface area contributed by atoms with Gasteiger partial charge in [0.2, 0.25) is 0 Å². The maximum atomic E-state index is 13.2. The summed E-state index contributed by atoms with van der Waals surface area (Å²) in [5, 5.41) is 4.81. The monoisotopic (exact) mass is 216 g/mol. The molecule has 14 heavy (non-hydrogen) atoms. The molecule has 0 unspecified atom stereocenters. The molecule has 0 heterocycles. The van der Waals surface area contributed by atoms with Gasteiger partial charge in [-0.05, 0) is 19.1 Å². The third kappa shape index (κ3) is 2.60. The Morgan fingerprint density at radius 1 is 1.57 bits per heavy atom. The van der Waals surface area contributed by atoms with Crippen molar-refractivity contribution in [3.05, 3.63) is 29.0 Å². The lowest BCUT2D eigenvalue weighted by molar-refractivity contribution is 0.252. The lowest BCUT2D eigenvalue weighted by Gasteiger charge is -2.07. The molecule has 1 aromatic rings. The largest absolute Gasteiger partial charge is 0.338 e. The molecule has 3 nitrogen and oxygen atoms in total. The van der Waals surface area contributed by atoms with E-state index in [0.717, 1.165) is 0 Å². The number of rotatable bonds is 2. The van der Waals surface area contributed by atoms with E-state index in [1.54, 1.807) is 13.0 Å². The molecule has 0 aromatic heterocycles. The van der Waals surface area contributed by atoms with Crippen LogP contribution < -0.4 is 10.6 Å². The molecule has 0 saturated heterocycles. The van der Waals surface area contributed by atoms with E-state index in [-0.39, 0.29) is 10.7 Å². The molecule has 0 fully saturated rings. The fourth-order valence-corrected chi connectivity index (χ4v) is 1.10. The molecule has 0 spiro atoms. The summed E-state index contributed by atoms with van der Waals surface area (Å²) in [6.07, 6.45) is 0. The van der Waals surface area contributed by atoms with Crippen LogP contribution in [0.15, 0.2) is 18.2 Å². The van der Waals surface area contributed by atoms with Crippen molar-refractivity contribution in [3.8, 4) is 0 Å². The van der Waals surface area contributed by atoms with E-state index in [1.807, 2.05) is 0 Å². The fourth-order valence-electron chi connectivity index (χ4n) is 0.927. The van der Waals surface area contributed by atoms with E-state index in [0.29, 0.717) is 6.54 Å². The zero-order valence-corrected chi connectivity index (χ0v) is 8.36. The lowest BCUT2D eigenvalue weighted by atomic mass is 10.3. The van der Waals surface area contributed by atoms with Crippen molar-refractivity contribution in [2.45, 2.75) is 6.92 Å². The van der Waals surface area contributed by atoms with Gasteiger partial charge in [-0.3, -0.25) is 0 Å². The van der Waals surface area contributed by atoms with E-state index in [2.05, 4.69) is 10.6 Å². The number of amides is 2. The quantitative estimate of drug-likeness (QED) is 0.784. The maximum absolute atomic E-state index is 13.2. The number of hydrogen-bond acceptors (Lipinski definition) is 1. The molecule has 0 atom stereocenters. The third-order valence-corrected chi connectivity index (χ3v) is 1.83. The van der Waals surface area contributed by atoms with E-state index >= 15 is 0 Å². The third-order valence-electron chi connectivity index (χ3n) is 1.54. The normalized spacial score (nSPS) is 9.64. The highest BCUT2D eigenvalue weighted by atomic mass is 35.5. The smallest absolute Gasteiger partial charge is 0.319 e. The molecule has 2 N–H and O–H groups in total. The number of urea groups is 1. The van der Waals surface area contributed by atoms with Crippen LogP contribution in [-0.4, -0.2) is 12.6 Å². The first-order valence-electron chi connectivity index (χ1n) is 4.14. The van der Waals surface area contributed by atoms with Crippen LogP contribution in [0.25, 0.3) is 0 Å². The van der Waals surface area contributed by atoms with Crippen molar-refractivity contribution in [2.24, 2.45) is 0 Å². The minimum Gasteiger partial charge on any atom is -0.338 e. The topological polar surface area (TPSA) is 41.1 Å². The Kier molecular flexibility index (Phi) is 3.71. The molecule has 0 radical (unpaired) electrons. The van der Waals surface area contributed by atoms with Crippen molar-refractivity contribution in [1.82, 2.24) is 5.32 Å². The second-order valence-corrected chi connectivity index (χ2v) is 2.99. The average Bonchev–Trinajstić information content (AvgIpc) is 2.13. The van der Waals surface area contributed by atoms with E-state index < -0.39 is 11.8 Å². The van der Waals surface area contributed by atoms with Gasteiger partial charge in [0, 0.05) is 6.54 Å². The minimum absolute atomic E-state index is 0.0145. The van der Waals surface area contributed by atoms with Crippen LogP contribution in [0.1, 0.15) is 6.92 Å². The summed E-state index contributed by atoms with van der Waals surface area (Å²) in [7, 11) is 0. The summed E-state index contributed by atoms with van der Waals surface area (Å²) in [6.45, 7) is 2.25. The van der Waals surface area contributed by atoms with Crippen LogP contribution >= 0.6 is 11.6 Å². The first kappa shape index (κ1) is 10.8. The SMILES string of the molecule is CCNC(=O)Nc1cccc(Cl)c1F. The van der Waals surface area contributed by atoms with Gasteiger partial charge < -0.3 is 10.6 Å². The molecule has 0 aliphatic carbocycles. The van der Waals surface area contributed by atoms with Crippen molar-refractivity contribution in [1.29, 1.82) is 0 Å². The lowest BCUT2D eigenvalue weighted by Crippen LogP contribution is -2.28. The van der Waals surface area contributed by atoms with E-state index in [4.69, 9.17) is 11.6 Å². The first-order chi connectivity index (χ1) is 6.65. The van der Waals surface area contributed by atoms with Gasteiger partial charge in [0.1, 0.15) is 0 Å². The summed E-state index contributed by atoms with van der Waals surface area (Å²) in [5.41, 5.74) is 0.0726. The van der Waals surface area contributed by atoms with Gasteiger partial charge in [0.15, 0.2) is 5.82 Å². The van der Waals surface area contributed by atoms with Crippen LogP contribution in [0.3, 0.4) is 0 Å². The molecule has 0 aliphatic rings. The summed E-state index contributed by atoms with van der Waals surface area (Å²) in [5.74, 6) is -0.625. The van der Waals surface area contributed by atoms with Crippen molar-refractivity contribution in [2.75, 3.05) is 11.9 Å². The molecular weight excluding hydrogens is 207 g/mol. The highest BCUT2D eigenvalue weighted by Gasteiger charge is 2.08. The van der Waals surface area contributed by atoms with Gasteiger partial charge >= 0.3 is 6.03 Å². The molecule has 0 bridgehead atoms. The molecule has 1 rings (SSSR count). The summed E-state index contributed by atoms with van der Waals surface area (Å²) < 4.78 is 13.2. The zero-order valence-electron chi connectivity index (χ0n) is 7.60. The maximum Gasteiger partial charge on any atom is 0.319 e. The number of carbonyl (C=O) groups excluding carboxylic acids is 1. The predicted octanol–water partition coefficient (Wildman–Crippen LogP) is 2.62. The van der Waals surface area contributed by atoms with Crippen LogP contribution in [0.5, 0.6) is 0 Å². The Morgan fingerprint density at radius 3 is 2.93 bits per heavy atom. The first-order valence-corrected chi connectivity index (χ1v) is 4.51. The van der Waals surface area contributed by atoms with Gasteiger partial charge in [-0.15, -0.1) is 0 Å². The number of halogens is 2. The van der Waals surface area contributed by atoms with Gasteiger partial charge in [-0.1, -0.05) is 17.7 Å². The Balaban J connectivity index is 2.76. The predicted molar refractivity (Wildman–Crippen MR) is 54.1 cm³/mol. The Hall–Kier alpha value is -1.29. The molecule has 0 aliphatic heterocycles. The molecule has 5 heteroatoms. The number of hydrogen-bond donors (Lipinski definition) is 2. The minimum atomic E-state index is -0.625. The number of benzene rings is 1. The van der Waals surface area contributed by atoms with Gasteiger partial charge in [0.25, 0.3) is 0 Å². The van der Waals surface area contributed by atoms with Crippen LogP contribution in [0, 0.1) is 5.82 Å². The van der Waals surface area contributed by atoms with Gasteiger partial charge in [-0.25, -0.2) is 9.18 Å². The highest BCUT2D eigenvalue weighted by Crippen LogP contribution is 2.21. The number of nitrogens with one attached hydrogen (secondary N) is 2. The molecular formula is C9H10ClFN2O. The van der Waals surface area contributed by atoms with Crippen molar-refractivity contribution in [3.63, 3.8) is 0 Å². The Labute approximate surface area is 86.3 Å². The number of anilines is 1. The summed E-state index contributed by atoms with van der Waals surface area (Å²) >= 11 is 5.53.